The molecular formula is C28H39N7O. The van der Waals surface area contributed by atoms with Crippen LogP contribution in [0.2, 0.25) is 0 Å². The maximum absolute atomic E-state index is 13.2. The molecule has 0 unspecified atom stereocenters. The van der Waals surface area contributed by atoms with Gasteiger partial charge in [0, 0.05) is 49.2 Å². The van der Waals surface area contributed by atoms with Crippen molar-refractivity contribution in [1.82, 2.24) is 30.3 Å². The highest BCUT2D eigenvalue weighted by Crippen LogP contribution is 2.59. The van der Waals surface area contributed by atoms with E-state index in [-0.39, 0.29) is 17.8 Å². The minimum Gasteiger partial charge on any atom is -0.383 e. The summed E-state index contributed by atoms with van der Waals surface area (Å²) in [7, 11) is 0. The fourth-order valence-electron chi connectivity index (χ4n) is 6.84. The first-order valence-electron chi connectivity index (χ1n) is 13.6. The van der Waals surface area contributed by atoms with Crippen LogP contribution < -0.4 is 16.4 Å². The van der Waals surface area contributed by atoms with E-state index in [1.165, 1.54) is 12.8 Å². The van der Waals surface area contributed by atoms with Crippen LogP contribution in [0.4, 0.5) is 5.82 Å². The Morgan fingerprint density at radius 3 is 2.83 bits per heavy atom. The summed E-state index contributed by atoms with van der Waals surface area (Å²) in [6.45, 7) is 9.82. The quantitative estimate of drug-likeness (QED) is 0.539. The summed E-state index contributed by atoms with van der Waals surface area (Å²) in [5.74, 6) is 1.73. The van der Waals surface area contributed by atoms with Crippen LogP contribution in [0, 0.1) is 17.3 Å². The van der Waals surface area contributed by atoms with Gasteiger partial charge >= 0.3 is 0 Å². The number of anilines is 1. The molecule has 2 aliphatic heterocycles. The molecule has 1 saturated carbocycles. The Morgan fingerprint density at radius 1 is 1.22 bits per heavy atom. The number of likely N-dealkylation sites (tertiary alicyclic amines) is 1. The van der Waals surface area contributed by atoms with Crippen molar-refractivity contribution in [3.8, 4) is 11.1 Å². The second kappa shape index (κ2) is 9.30. The predicted octanol–water partition coefficient (Wildman–Crippen LogP) is 3.25. The number of carbonyl (C=O) groups is 1. The maximum Gasteiger partial charge on any atom is 0.255 e. The highest BCUT2D eigenvalue weighted by molar-refractivity contribution is 5.99. The van der Waals surface area contributed by atoms with Gasteiger partial charge in [-0.1, -0.05) is 25.5 Å². The number of amides is 1. The second-order valence-electron chi connectivity index (χ2n) is 11.9. The number of nitrogens with one attached hydrogen (secondary N) is 2. The molecule has 2 aromatic heterocycles. The number of nitrogens with two attached hydrogens (primary N) is 1. The van der Waals surface area contributed by atoms with Gasteiger partial charge in [0.15, 0.2) is 0 Å². The molecule has 7 rings (SSSR count). The molecule has 8 heteroatoms. The lowest BCUT2D eigenvalue weighted by molar-refractivity contribution is -0.0101. The number of aromatic nitrogens is 3. The van der Waals surface area contributed by atoms with E-state index < -0.39 is 0 Å². The highest BCUT2D eigenvalue weighted by atomic mass is 16.1. The molecule has 192 valence electrons. The van der Waals surface area contributed by atoms with E-state index in [0.29, 0.717) is 17.0 Å². The number of pyridine rings is 1. The molecule has 36 heavy (non-hydrogen) atoms. The molecule has 2 bridgehead atoms. The van der Waals surface area contributed by atoms with Gasteiger partial charge in [-0.05, 0) is 68.5 Å². The molecule has 8 nitrogen and oxygen atoms in total. The van der Waals surface area contributed by atoms with Gasteiger partial charge in [-0.25, -0.2) is 4.98 Å². The third-order valence-corrected chi connectivity index (χ3v) is 9.38. The van der Waals surface area contributed by atoms with Crippen LogP contribution in [-0.2, 0) is 0 Å². The lowest BCUT2D eigenvalue weighted by atomic mass is 9.49. The second-order valence-corrected chi connectivity index (χ2v) is 11.9. The van der Waals surface area contributed by atoms with E-state index >= 15 is 0 Å². The van der Waals surface area contributed by atoms with Crippen molar-refractivity contribution >= 4 is 11.7 Å². The minimum atomic E-state index is -0.140. The molecule has 1 amide bonds. The Hall–Kier alpha value is -2.71. The molecule has 4 N–H and O–H groups in total. The zero-order valence-corrected chi connectivity index (χ0v) is 21.5. The van der Waals surface area contributed by atoms with Crippen LogP contribution in [-0.4, -0.2) is 64.3 Å². The third-order valence-electron chi connectivity index (χ3n) is 9.38. The summed E-state index contributed by atoms with van der Waals surface area (Å²) < 4.78 is 2.05. The molecule has 0 spiro atoms. The molecule has 3 fully saturated rings. The fraction of sp³-hybridized carbons (Fsp3) is 0.607. The van der Waals surface area contributed by atoms with Gasteiger partial charge in [0.05, 0.1) is 17.8 Å². The van der Waals surface area contributed by atoms with Crippen LogP contribution in [0.15, 0.2) is 36.3 Å². The van der Waals surface area contributed by atoms with E-state index in [1.54, 1.807) is 11.8 Å². The average molecular weight is 490 g/mol. The van der Waals surface area contributed by atoms with Gasteiger partial charge in [0.1, 0.15) is 5.82 Å². The molecule has 0 aromatic carbocycles. The van der Waals surface area contributed by atoms with Crippen LogP contribution in [0.3, 0.4) is 0 Å². The van der Waals surface area contributed by atoms with Crippen LogP contribution in [0.1, 0.15) is 62.4 Å². The number of fused-ring (bicyclic) bond motifs is 1. The van der Waals surface area contributed by atoms with Crippen molar-refractivity contribution in [2.24, 2.45) is 17.3 Å². The van der Waals surface area contributed by atoms with E-state index in [9.17, 15) is 4.79 Å². The van der Waals surface area contributed by atoms with Gasteiger partial charge in [0.2, 0.25) is 0 Å². The summed E-state index contributed by atoms with van der Waals surface area (Å²) in [6, 6.07) is 2.40. The van der Waals surface area contributed by atoms with Crippen LogP contribution in [0.5, 0.6) is 0 Å². The number of hydrogen-bond donors (Lipinski definition) is 3. The maximum atomic E-state index is 13.2. The van der Waals surface area contributed by atoms with E-state index in [1.807, 2.05) is 16.9 Å². The van der Waals surface area contributed by atoms with Crippen LogP contribution in [0.25, 0.3) is 11.1 Å². The third kappa shape index (κ3) is 4.34. The summed E-state index contributed by atoms with van der Waals surface area (Å²) in [5, 5.41) is 11.2. The summed E-state index contributed by atoms with van der Waals surface area (Å²) in [4.78, 5) is 20.1. The number of hydrogen-bond acceptors (Lipinski definition) is 6. The topological polar surface area (TPSA) is 101 Å². The zero-order valence-electron chi connectivity index (χ0n) is 21.5. The predicted molar refractivity (Wildman–Crippen MR) is 141 cm³/mol. The molecule has 3 aliphatic carbocycles. The monoisotopic (exact) mass is 489 g/mol. The van der Waals surface area contributed by atoms with Gasteiger partial charge in [0.25, 0.3) is 5.91 Å². The minimum absolute atomic E-state index is 0.134. The Bertz CT molecular complexity index is 1160. The zero-order chi connectivity index (χ0) is 24.9. The Morgan fingerprint density at radius 2 is 2.06 bits per heavy atom. The first kappa shape index (κ1) is 23.7. The number of piperidine rings is 1. The Labute approximate surface area is 213 Å². The average Bonchev–Trinajstić information content (AvgIpc) is 3.55. The van der Waals surface area contributed by atoms with Crippen molar-refractivity contribution in [2.75, 3.05) is 38.5 Å². The van der Waals surface area contributed by atoms with E-state index in [2.05, 4.69) is 51.7 Å². The number of allylic oxidation sites excluding steroid dienone is 1. The molecule has 4 heterocycles. The van der Waals surface area contributed by atoms with Gasteiger partial charge in [-0.2, -0.15) is 5.10 Å². The first-order valence-corrected chi connectivity index (χ1v) is 13.6. The lowest BCUT2D eigenvalue weighted by Gasteiger charge is -2.57. The van der Waals surface area contributed by atoms with Crippen molar-refractivity contribution in [3.05, 3.63) is 41.9 Å². The summed E-state index contributed by atoms with van der Waals surface area (Å²) in [5.41, 5.74) is 10.5. The van der Waals surface area contributed by atoms with Crippen LogP contribution >= 0.6 is 0 Å². The van der Waals surface area contributed by atoms with Gasteiger partial charge < -0.3 is 16.4 Å². The van der Waals surface area contributed by atoms with Crippen molar-refractivity contribution < 1.29 is 4.79 Å². The van der Waals surface area contributed by atoms with Gasteiger partial charge in [-0.3, -0.25) is 14.4 Å². The molecule has 5 aliphatic rings. The standard InChI is InChI=1S/C28H39N7O/c1-28(2)21-4-3-18(25(28)12-21)15-34-10-7-22(17-34)33-27(36)24-11-19(13-31-26(24)29)20-14-32-35(16-20)23-5-8-30-9-6-23/h3,11,13-14,16,21-23,25,30H,4-10,12,15,17H2,1-2H3,(H2,29,31)(H,33,36)/t21-,22+,25-/m0/s1. The van der Waals surface area contributed by atoms with Crippen molar-refractivity contribution in [2.45, 2.75) is 58.0 Å². The number of nitrogens with zero attached hydrogens (tertiary/aromatic N) is 4. The smallest absolute Gasteiger partial charge is 0.255 e. The number of carbonyl (C=O) groups excluding carboxylic acids is 1. The Balaban J connectivity index is 1.08. The Kier molecular flexibility index (Phi) is 6.12. The summed E-state index contributed by atoms with van der Waals surface area (Å²) >= 11 is 0. The summed E-state index contributed by atoms with van der Waals surface area (Å²) in [6.07, 6.45) is 13.8. The fourth-order valence-corrected chi connectivity index (χ4v) is 6.84. The lowest BCUT2D eigenvalue weighted by Crippen LogP contribution is -2.49. The van der Waals surface area contributed by atoms with Crippen molar-refractivity contribution in [1.29, 1.82) is 0 Å². The molecule has 0 radical (unpaired) electrons. The SMILES string of the molecule is CC1(C)[C@H]2CC=C(CN3CC[C@@H](NC(=O)c4cc(-c5cnn(C6CCNCC6)c5)cnc4N)C3)[C@@H]1C2. The highest BCUT2D eigenvalue weighted by Gasteiger charge is 2.51. The largest absolute Gasteiger partial charge is 0.383 e. The molecule has 3 atom stereocenters. The van der Waals surface area contributed by atoms with E-state index in [4.69, 9.17) is 5.73 Å². The molecule has 2 saturated heterocycles. The molecular weight excluding hydrogens is 450 g/mol. The van der Waals surface area contributed by atoms with Gasteiger partial charge in [-0.15, -0.1) is 0 Å². The van der Waals surface area contributed by atoms with E-state index in [0.717, 1.165) is 74.9 Å². The normalized spacial score (nSPS) is 27.9. The number of nitrogen functional groups attached to an aromatic ring is 1. The first-order chi connectivity index (χ1) is 17.4. The van der Waals surface area contributed by atoms with Crippen molar-refractivity contribution in [3.63, 3.8) is 0 Å². The number of rotatable bonds is 6. The molecule has 2 aromatic rings.